The summed E-state index contributed by atoms with van der Waals surface area (Å²) in [5, 5.41) is 29.8. The van der Waals surface area contributed by atoms with Gasteiger partial charge >= 0.3 is 0 Å². The van der Waals surface area contributed by atoms with Crippen LogP contribution in [0.15, 0.2) is 24.3 Å². The summed E-state index contributed by atoms with van der Waals surface area (Å²) in [5.41, 5.74) is 2.57. The maximum absolute atomic E-state index is 10.7. The van der Waals surface area contributed by atoms with Gasteiger partial charge in [-0.3, -0.25) is 15.2 Å². The summed E-state index contributed by atoms with van der Waals surface area (Å²) >= 11 is 0. The number of aromatic nitrogens is 2. The van der Waals surface area contributed by atoms with E-state index in [1.165, 1.54) is 18.2 Å². The topological polar surface area (TPSA) is 108 Å². The van der Waals surface area contributed by atoms with Gasteiger partial charge in [-0.1, -0.05) is 6.92 Å². The average molecular weight is 271 g/mol. The monoisotopic (exact) mass is 271 g/mol. The molecule has 2 rings (SSSR count). The zero-order valence-electron chi connectivity index (χ0n) is 10.9. The molecular weight excluding hydrogens is 258 g/mol. The number of non-ortho nitro benzene ring substituents is 1. The maximum Gasteiger partial charge on any atom is 0.270 e. The van der Waals surface area contributed by atoms with Crippen LogP contribution in [0.3, 0.4) is 0 Å². The van der Waals surface area contributed by atoms with E-state index in [4.69, 9.17) is 5.26 Å². The van der Waals surface area contributed by atoms with Crippen LogP contribution in [-0.4, -0.2) is 15.1 Å². The summed E-state index contributed by atoms with van der Waals surface area (Å²) in [6, 6.07) is 8.05. The Morgan fingerprint density at radius 3 is 2.90 bits per heavy atom. The minimum atomic E-state index is -0.521. The Morgan fingerprint density at radius 2 is 2.30 bits per heavy atom. The Bertz CT molecular complexity index is 672. The molecule has 20 heavy (non-hydrogen) atoms. The van der Waals surface area contributed by atoms with Crippen molar-refractivity contribution in [1.82, 2.24) is 10.2 Å². The molecule has 7 heteroatoms. The lowest BCUT2D eigenvalue weighted by Gasteiger charge is -2.06. The molecule has 0 aliphatic carbocycles. The van der Waals surface area contributed by atoms with E-state index in [0.717, 1.165) is 17.8 Å². The van der Waals surface area contributed by atoms with Gasteiger partial charge in [0, 0.05) is 12.1 Å². The fraction of sp³-hybridized carbons (Fsp3) is 0.231. The van der Waals surface area contributed by atoms with Crippen LogP contribution in [-0.2, 0) is 13.0 Å². The first-order chi connectivity index (χ1) is 9.63. The molecular formula is C13H13N5O2. The SMILES string of the molecule is CCc1cc(CNc2ccc([N+](=O)[O-])cc2C#N)[nH]n1. The van der Waals surface area contributed by atoms with Crippen molar-refractivity contribution in [3.05, 3.63) is 51.3 Å². The van der Waals surface area contributed by atoms with E-state index in [9.17, 15) is 10.1 Å². The first kappa shape index (κ1) is 13.5. The van der Waals surface area contributed by atoms with Gasteiger partial charge in [0.25, 0.3) is 5.69 Å². The van der Waals surface area contributed by atoms with E-state index in [1.54, 1.807) is 0 Å². The van der Waals surface area contributed by atoms with Crippen LogP contribution in [0.1, 0.15) is 23.9 Å². The number of nitrogens with zero attached hydrogens (tertiary/aromatic N) is 3. The third-order valence-corrected chi connectivity index (χ3v) is 2.85. The first-order valence-corrected chi connectivity index (χ1v) is 6.09. The molecule has 102 valence electrons. The predicted octanol–water partition coefficient (Wildman–Crippen LogP) is 2.36. The van der Waals surface area contributed by atoms with E-state index in [-0.39, 0.29) is 11.3 Å². The summed E-state index contributed by atoms with van der Waals surface area (Å²) in [4.78, 5) is 10.1. The molecule has 1 aromatic carbocycles. The molecule has 0 spiro atoms. The van der Waals surface area contributed by atoms with Crippen molar-refractivity contribution in [3.8, 4) is 6.07 Å². The molecule has 0 fully saturated rings. The second-order valence-electron chi connectivity index (χ2n) is 4.19. The normalized spacial score (nSPS) is 10.0. The summed E-state index contributed by atoms with van der Waals surface area (Å²) in [5.74, 6) is 0. The van der Waals surface area contributed by atoms with Crippen LogP contribution >= 0.6 is 0 Å². The number of benzene rings is 1. The highest BCUT2D eigenvalue weighted by Crippen LogP contribution is 2.21. The number of hydrogen-bond donors (Lipinski definition) is 2. The van der Waals surface area contributed by atoms with Crippen LogP contribution in [0.2, 0.25) is 0 Å². The quantitative estimate of drug-likeness (QED) is 0.641. The predicted molar refractivity (Wildman–Crippen MR) is 73.1 cm³/mol. The number of nitriles is 1. The van der Waals surface area contributed by atoms with Crippen molar-refractivity contribution in [2.24, 2.45) is 0 Å². The van der Waals surface area contributed by atoms with Gasteiger partial charge in [-0.2, -0.15) is 10.4 Å². The molecule has 2 N–H and O–H groups in total. The highest BCUT2D eigenvalue weighted by molar-refractivity contribution is 5.61. The Labute approximate surface area is 115 Å². The van der Waals surface area contributed by atoms with Gasteiger partial charge in [0.15, 0.2) is 0 Å². The standard InChI is InChI=1S/C13H13N5O2/c1-2-10-6-11(17-16-10)8-15-13-4-3-12(18(19)20)5-9(13)7-14/h3-6,15H,2,8H2,1H3,(H,16,17). The molecule has 1 heterocycles. The average Bonchev–Trinajstić information content (AvgIpc) is 2.92. The molecule has 0 aliphatic heterocycles. The van der Waals surface area contributed by atoms with Gasteiger partial charge in [0.2, 0.25) is 0 Å². The number of H-pyrrole nitrogens is 1. The van der Waals surface area contributed by atoms with Gasteiger partial charge in [-0.05, 0) is 18.6 Å². The molecule has 0 saturated heterocycles. The fourth-order valence-corrected chi connectivity index (χ4v) is 1.76. The highest BCUT2D eigenvalue weighted by Gasteiger charge is 2.10. The minimum absolute atomic E-state index is 0.0955. The summed E-state index contributed by atoms with van der Waals surface area (Å²) in [6.07, 6.45) is 0.845. The van der Waals surface area contributed by atoms with Gasteiger partial charge < -0.3 is 5.32 Å². The smallest absolute Gasteiger partial charge is 0.270 e. The molecule has 0 saturated carbocycles. The van der Waals surface area contributed by atoms with E-state index >= 15 is 0 Å². The van der Waals surface area contributed by atoms with Crippen molar-refractivity contribution < 1.29 is 4.92 Å². The molecule has 0 unspecified atom stereocenters. The molecule has 0 aliphatic rings. The lowest BCUT2D eigenvalue weighted by Crippen LogP contribution is -2.02. The van der Waals surface area contributed by atoms with Crippen molar-refractivity contribution >= 4 is 11.4 Å². The zero-order valence-corrected chi connectivity index (χ0v) is 10.9. The number of aromatic amines is 1. The van der Waals surface area contributed by atoms with E-state index < -0.39 is 4.92 Å². The van der Waals surface area contributed by atoms with Crippen molar-refractivity contribution in [1.29, 1.82) is 5.26 Å². The molecule has 1 aromatic heterocycles. The van der Waals surface area contributed by atoms with Crippen LogP contribution in [0, 0.1) is 21.4 Å². The number of nitrogens with one attached hydrogen (secondary N) is 2. The first-order valence-electron chi connectivity index (χ1n) is 6.09. The van der Waals surface area contributed by atoms with E-state index in [1.807, 2.05) is 19.1 Å². The molecule has 0 bridgehead atoms. The van der Waals surface area contributed by atoms with Gasteiger partial charge in [0.1, 0.15) is 6.07 Å². The zero-order chi connectivity index (χ0) is 14.5. The van der Waals surface area contributed by atoms with E-state index in [2.05, 4.69) is 15.5 Å². The second kappa shape index (κ2) is 5.84. The van der Waals surface area contributed by atoms with Crippen molar-refractivity contribution in [2.75, 3.05) is 5.32 Å². The van der Waals surface area contributed by atoms with Crippen LogP contribution in [0.5, 0.6) is 0 Å². The third kappa shape index (κ3) is 2.92. The number of hydrogen-bond acceptors (Lipinski definition) is 5. The third-order valence-electron chi connectivity index (χ3n) is 2.85. The number of rotatable bonds is 5. The Morgan fingerprint density at radius 1 is 1.50 bits per heavy atom. The second-order valence-corrected chi connectivity index (χ2v) is 4.19. The minimum Gasteiger partial charge on any atom is -0.378 e. The van der Waals surface area contributed by atoms with Crippen LogP contribution < -0.4 is 5.32 Å². The maximum atomic E-state index is 10.7. The lowest BCUT2D eigenvalue weighted by molar-refractivity contribution is -0.384. The Kier molecular flexibility index (Phi) is 3.96. The van der Waals surface area contributed by atoms with Crippen LogP contribution in [0.25, 0.3) is 0 Å². The fourth-order valence-electron chi connectivity index (χ4n) is 1.76. The Balaban J connectivity index is 2.13. The number of aryl methyl sites for hydroxylation is 1. The highest BCUT2D eigenvalue weighted by atomic mass is 16.6. The number of anilines is 1. The molecule has 0 atom stereocenters. The number of nitro groups is 1. The van der Waals surface area contributed by atoms with Crippen molar-refractivity contribution in [2.45, 2.75) is 19.9 Å². The van der Waals surface area contributed by atoms with Gasteiger partial charge in [-0.15, -0.1) is 0 Å². The summed E-state index contributed by atoms with van der Waals surface area (Å²) in [7, 11) is 0. The van der Waals surface area contributed by atoms with Crippen LogP contribution in [0.4, 0.5) is 11.4 Å². The van der Waals surface area contributed by atoms with Gasteiger partial charge in [0.05, 0.1) is 34.1 Å². The summed E-state index contributed by atoms with van der Waals surface area (Å²) in [6.45, 7) is 2.48. The molecule has 7 nitrogen and oxygen atoms in total. The Hall–Kier alpha value is -2.88. The summed E-state index contributed by atoms with van der Waals surface area (Å²) < 4.78 is 0. The largest absolute Gasteiger partial charge is 0.378 e. The molecule has 0 radical (unpaired) electrons. The molecule has 2 aromatic rings. The van der Waals surface area contributed by atoms with Crippen molar-refractivity contribution in [3.63, 3.8) is 0 Å². The number of nitro benzene ring substituents is 1. The van der Waals surface area contributed by atoms with E-state index in [0.29, 0.717) is 12.2 Å². The van der Waals surface area contributed by atoms with Gasteiger partial charge in [-0.25, -0.2) is 0 Å². The lowest BCUT2D eigenvalue weighted by atomic mass is 10.1. The molecule has 0 amide bonds.